The average molecular weight is 288 g/mol. The minimum atomic E-state index is -2.57. The van der Waals surface area contributed by atoms with E-state index in [1.165, 1.54) is 23.2 Å². The zero-order chi connectivity index (χ0) is 15.1. The van der Waals surface area contributed by atoms with Crippen LogP contribution in [0.1, 0.15) is 23.8 Å². The lowest BCUT2D eigenvalue weighted by atomic mass is 10.2. The minimum Gasteiger partial charge on any atom is -0.488 e. The fraction of sp³-hybridized carbons (Fsp3) is 0.538. The highest BCUT2D eigenvalue weighted by Crippen LogP contribution is 2.13. The van der Waals surface area contributed by atoms with Gasteiger partial charge in [0.05, 0.1) is 6.10 Å². The van der Waals surface area contributed by atoms with Gasteiger partial charge in [-0.2, -0.15) is 0 Å². The number of rotatable bonds is 7. The van der Waals surface area contributed by atoms with Crippen LogP contribution in [0.4, 0.5) is 8.78 Å². The molecule has 1 amide bonds. The molecule has 112 valence electrons. The summed E-state index contributed by atoms with van der Waals surface area (Å²) in [7, 11) is 1.58. The van der Waals surface area contributed by atoms with Gasteiger partial charge in [-0.3, -0.25) is 9.78 Å². The maximum atomic E-state index is 12.0. The smallest absolute Gasteiger partial charge is 0.272 e. The van der Waals surface area contributed by atoms with Crippen molar-refractivity contribution in [1.29, 1.82) is 0 Å². The number of ether oxygens (including phenoxy) is 1. The summed E-state index contributed by atoms with van der Waals surface area (Å²) in [6.07, 6.45) is -1.30. The molecule has 7 heteroatoms. The molecule has 0 spiro atoms. The molecule has 0 radical (unpaired) electrons. The molecule has 1 N–H and O–H groups in total. The normalized spacial score (nSPS) is 12.3. The van der Waals surface area contributed by atoms with Crippen LogP contribution in [0.2, 0.25) is 0 Å². The summed E-state index contributed by atoms with van der Waals surface area (Å²) < 4.78 is 28.9. The minimum absolute atomic E-state index is 0.116. The van der Waals surface area contributed by atoms with Crippen molar-refractivity contribution in [2.75, 3.05) is 20.2 Å². The van der Waals surface area contributed by atoms with Gasteiger partial charge in [0.15, 0.2) is 0 Å². The lowest BCUT2D eigenvalue weighted by Gasteiger charge is -2.17. The summed E-state index contributed by atoms with van der Waals surface area (Å²) in [6, 6.07) is 2.73. The Morgan fingerprint density at radius 1 is 1.55 bits per heavy atom. The van der Waals surface area contributed by atoms with Crippen molar-refractivity contribution in [2.24, 2.45) is 0 Å². The van der Waals surface area contributed by atoms with E-state index in [1.807, 2.05) is 0 Å². The van der Waals surface area contributed by atoms with Crippen LogP contribution >= 0.6 is 0 Å². The number of carbonyl (C=O) groups excluding carboxylic acids is 1. The van der Waals surface area contributed by atoms with Crippen LogP contribution in [-0.4, -0.2) is 53.6 Å². The molecule has 1 unspecified atom stereocenters. The second kappa shape index (κ2) is 7.74. The number of amides is 1. The fourth-order valence-corrected chi connectivity index (χ4v) is 1.45. The van der Waals surface area contributed by atoms with Crippen LogP contribution in [0.15, 0.2) is 18.3 Å². The Balaban J connectivity index is 2.65. The molecule has 0 aromatic carbocycles. The van der Waals surface area contributed by atoms with Gasteiger partial charge >= 0.3 is 0 Å². The molecule has 0 aliphatic heterocycles. The summed E-state index contributed by atoms with van der Waals surface area (Å²) in [4.78, 5) is 17.3. The van der Waals surface area contributed by atoms with Crippen molar-refractivity contribution in [3.05, 3.63) is 24.0 Å². The Hall–Kier alpha value is -1.76. The number of hydrogen-bond donors (Lipinski definition) is 1. The first-order chi connectivity index (χ1) is 9.40. The highest BCUT2D eigenvalue weighted by Gasteiger charge is 2.15. The second-order valence-electron chi connectivity index (χ2n) is 4.44. The van der Waals surface area contributed by atoms with Gasteiger partial charge in [0.25, 0.3) is 12.3 Å². The van der Waals surface area contributed by atoms with E-state index in [1.54, 1.807) is 14.0 Å². The van der Waals surface area contributed by atoms with Crippen molar-refractivity contribution in [3.8, 4) is 5.75 Å². The Morgan fingerprint density at radius 2 is 2.25 bits per heavy atom. The lowest BCUT2D eigenvalue weighted by molar-refractivity contribution is 0.0759. The van der Waals surface area contributed by atoms with Crippen molar-refractivity contribution in [2.45, 2.75) is 25.9 Å². The van der Waals surface area contributed by atoms with Gasteiger partial charge in [0.2, 0.25) is 0 Å². The van der Waals surface area contributed by atoms with E-state index in [0.29, 0.717) is 13.0 Å². The van der Waals surface area contributed by atoms with E-state index >= 15 is 0 Å². The third kappa shape index (κ3) is 5.48. The molecule has 0 aliphatic rings. The van der Waals surface area contributed by atoms with E-state index in [9.17, 15) is 18.7 Å². The molecule has 20 heavy (non-hydrogen) atoms. The first-order valence-corrected chi connectivity index (χ1v) is 6.20. The van der Waals surface area contributed by atoms with Gasteiger partial charge in [-0.1, -0.05) is 0 Å². The molecule has 0 saturated carbocycles. The molecule has 0 fully saturated rings. The van der Waals surface area contributed by atoms with Crippen LogP contribution in [0.5, 0.6) is 5.75 Å². The highest BCUT2D eigenvalue weighted by atomic mass is 19.3. The Bertz CT molecular complexity index is 441. The number of aromatic nitrogens is 1. The lowest BCUT2D eigenvalue weighted by Crippen LogP contribution is -2.30. The summed E-state index contributed by atoms with van der Waals surface area (Å²) in [5.41, 5.74) is 0.116. The Morgan fingerprint density at radius 3 is 2.85 bits per heavy atom. The Labute approximate surface area is 116 Å². The maximum Gasteiger partial charge on any atom is 0.272 e. The van der Waals surface area contributed by atoms with E-state index < -0.39 is 19.1 Å². The number of halogens is 2. The van der Waals surface area contributed by atoms with Crippen LogP contribution in [0, 0.1) is 0 Å². The first kappa shape index (κ1) is 16.3. The van der Waals surface area contributed by atoms with Crippen molar-refractivity contribution in [1.82, 2.24) is 9.88 Å². The van der Waals surface area contributed by atoms with Crippen molar-refractivity contribution >= 4 is 5.91 Å². The van der Waals surface area contributed by atoms with Gasteiger partial charge in [-0.15, -0.1) is 0 Å². The molecule has 0 saturated heterocycles. The van der Waals surface area contributed by atoms with Crippen LogP contribution < -0.4 is 4.74 Å². The number of nitrogens with zero attached hydrogens (tertiary/aromatic N) is 2. The zero-order valence-corrected chi connectivity index (χ0v) is 11.4. The SMILES string of the molecule is CC(O)CCN(C)C(=O)c1cc(OCC(F)F)ccn1. The third-order valence-electron chi connectivity index (χ3n) is 2.56. The second-order valence-corrected chi connectivity index (χ2v) is 4.44. The predicted octanol–water partition coefficient (Wildman–Crippen LogP) is 1.57. The topological polar surface area (TPSA) is 62.7 Å². The van der Waals surface area contributed by atoms with E-state index in [2.05, 4.69) is 4.98 Å². The molecule has 5 nitrogen and oxygen atoms in total. The first-order valence-electron chi connectivity index (χ1n) is 6.20. The zero-order valence-electron chi connectivity index (χ0n) is 11.4. The number of alkyl halides is 2. The molecule has 0 aliphatic carbocycles. The number of pyridine rings is 1. The van der Waals surface area contributed by atoms with Gasteiger partial charge in [-0.05, 0) is 19.4 Å². The molecule has 1 atom stereocenters. The van der Waals surface area contributed by atoms with Crippen molar-refractivity contribution in [3.63, 3.8) is 0 Å². The molecular weight excluding hydrogens is 270 g/mol. The summed E-state index contributed by atoms with van der Waals surface area (Å²) in [6.45, 7) is 1.28. The maximum absolute atomic E-state index is 12.0. The molecule has 1 rings (SSSR count). The highest BCUT2D eigenvalue weighted by molar-refractivity contribution is 5.92. The van der Waals surface area contributed by atoms with Gasteiger partial charge in [-0.25, -0.2) is 8.78 Å². The molecule has 1 heterocycles. The number of hydrogen-bond acceptors (Lipinski definition) is 4. The third-order valence-corrected chi connectivity index (χ3v) is 2.56. The van der Waals surface area contributed by atoms with E-state index in [0.717, 1.165) is 0 Å². The number of aliphatic hydroxyl groups is 1. The molecule has 0 bridgehead atoms. The van der Waals surface area contributed by atoms with Crippen LogP contribution in [0.3, 0.4) is 0 Å². The molecule has 1 aromatic heterocycles. The largest absolute Gasteiger partial charge is 0.488 e. The average Bonchev–Trinajstić information content (AvgIpc) is 2.42. The monoisotopic (exact) mass is 288 g/mol. The van der Waals surface area contributed by atoms with Gasteiger partial charge in [0, 0.05) is 25.9 Å². The summed E-state index contributed by atoms with van der Waals surface area (Å²) >= 11 is 0. The standard InChI is InChI=1S/C13H18F2N2O3/c1-9(18)4-6-17(2)13(19)11-7-10(3-5-16-11)20-8-12(14)15/h3,5,7,9,12,18H,4,6,8H2,1-2H3. The van der Waals surface area contributed by atoms with Gasteiger partial charge < -0.3 is 14.7 Å². The molecule has 1 aromatic rings. The predicted molar refractivity (Wildman–Crippen MR) is 69.0 cm³/mol. The number of aliphatic hydroxyl groups excluding tert-OH is 1. The number of carbonyl (C=O) groups is 1. The summed E-state index contributed by atoms with van der Waals surface area (Å²) in [5.74, 6) is -0.180. The van der Waals surface area contributed by atoms with Crippen molar-refractivity contribution < 1.29 is 23.4 Å². The molecular formula is C13H18F2N2O3. The summed E-state index contributed by atoms with van der Waals surface area (Å²) in [5, 5.41) is 9.18. The van der Waals surface area contributed by atoms with Crippen LogP contribution in [0.25, 0.3) is 0 Å². The van der Waals surface area contributed by atoms with Crippen LogP contribution in [-0.2, 0) is 0 Å². The fourth-order valence-electron chi connectivity index (χ4n) is 1.45. The quantitative estimate of drug-likeness (QED) is 0.827. The van der Waals surface area contributed by atoms with E-state index in [-0.39, 0.29) is 17.4 Å². The van der Waals surface area contributed by atoms with Gasteiger partial charge in [0.1, 0.15) is 18.1 Å². The van der Waals surface area contributed by atoms with E-state index in [4.69, 9.17) is 4.74 Å². The Kier molecular flexibility index (Phi) is 6.30.